The van der Waals surface area contributed by atoms with E-state index in [0.29, 0.717) is 36.7 Å². The molecule has 3 rings (SSSR count). The van der Waals surface area contributed by atoms with Crippen LogP contribution < -0.4 is 16.7 Å². The van der Waals surface area contributed by atoms with Crippen LogP contribution in [0.25, 0.3) is 11.0 Å². The lowest BCUT2D eigenvalue weighted by Crippen LogP contribution is -2.15. The fourth-order valence-electron chi connectivity index (χ4n) is 2.66. The number of hydrogen-bond donors (Lipinski definition) is 3. The van der Waals surface area contributed by atoms with Crippen molar-refractivity contribution in [3.05, 3.63) is 57.9 Å². The lowest BCUT2D eigenvalue weighted by atomic mass is 10.2. The third kappa shape index (κ3) is 3.88. The standard InChI is InChI=1S/C16H18FN5O.C2H6/c1-22-11(7-8-18)13(17)12-14(20-16(23)21-15(12)22)19-9-10-5-3-2-4-6-10;1-2/h2-6H,7-9,18H2,1H3,(H2,19,20,21,23);1-2H3. The van der Waals surface area contributed by atoms with E-state index < -0.39 is 11.5 Å². The van der Waals surface area contributed by atoms with Gasteiger partial charge in [-0.3, -0.25) is 4.98 Å². The van der Waals surface area contributed by atoms with Crippen molar-refractivity contribution >= 4 is 16.9 Å². The summed E-state index contributed by atoms with van der Waals surface area (Å²) in [5, 5.41) is 3.37. The number of anilines is 1. The van der Waals surface area contributed by atoms with Gasteiger partial charge in [0.25, 0.3) is 0 Å². The van der Waals surface area contributed by atoms with Crippen LogP contribution in [0.15, 0.2) is 35.1 Å². The number of nitrogens with two attached hydrogens (primary N) is 1. The summed E-state index contributed by atoms with van der Waals surface area (Å²) in [6, 6.07) is 9.66. The summed E-state index contributed by atoms with van der Waals surface area (Å²) < 4.78 is 16.3. The molecule has 134 valence electrons. The molecule has 6 nitrogen and oxygen atoms in total. The summed E-state index contributed by atoms with van der Waals surface area (Å²) in [6.45, 7) is 4.79. The molecule has 0 atom stereocenters. The highest BCUT2D eigenvalue weighted by Gasteiger charge is 2.20. The molecule has 0 bridgehead atoms. The highest BCUT2D eigenvalue weighted by molar-refractivity contribution is 5.89. The first-order chi connectivity index (χ1) is 12.1. The average molecular weight is 345 g/mol. The van der Waals surface area contributed by atoms with E-state index in [4.69, 9.17) is 5.73 Å². The average Bonchev–Trinajstić information content (AvgIpc) is 2.87. The van der Waals surface area contributed by atoms with Gasteiger partial charge in [0.15, 0.2) is 11.5 Å². The van der Waals surface area contributed by atoms with E-state index in [1.807, 2.05) is 44.2 Å². The molecule has 0 aliphatic rings. The summed E-state index contributed by atoms with van der Waals surface area (Å²) in [5.41, 5.74) is 6.79. The molecule has 0 aliphatic heterocycles. The number of aromatic amines is 1. The van der Waals surface area contributed by atoms with Gasteiger partial charge in [-0.05, 0) is 12.1 Å². The summed E-state index contributed by atoms with van der Waals surface area (Å²) in [5.74, 6) is -0.0625. The molecule has 0 aliphatic carbocycles. The van der Waals surface area contributed by atoms with Crippen LogP contribution in [0, 0.1) is 5.82 Å². The summed E-state index contributed by atoms with van der Waals surface area (Å²) in [4.78, 5) is 18.2. The normalized spacial score (nSPS) is 10.4. The second kappa shape index (κ2) is 8.43. The maximum Gasteiger partial charge on any atom is 0.348 e. The zero-order valence-corrected chi connectivity index (χ0v) is 14.8. The minimum absolute atomic E-state index is 0.284. The van der Waals surface area contributed by atoms with Crippen LogP contribution in [0.2, 0.25) is 0 Å². The Morgan fingerprint density at radius 2 is 1.96 bits per heavy atom. The maximum atomic E-state index is 14.7. The number of H-pyrrole nitrogens is 1. The van der Waals surface area contributed by atoms with E-state index in [1.54, 1.807) is 11.6 Å². The number of benzene rings is 1. The molecular formula is C18H24FN5O. The fraction of sp³-hybridized carbons (Fsp3) is 0.333. The van der Waals surface area contributed by atoms with Gasteiger partial charge >= 0.3 is 5.69 Å². The molecule has 7 heteroatoms. The number of nitrogens with zero attached hydrogens (tertiary/aromatic N) is 2. The van der Waals surface area contributed by atoms with Crippen molar-refractivity contribution in [3.63, 3.8) is 0 Å². The van der Waals surface area contributed by atoms with Crippen LogP contribution in [0.4, 0.5) is 10.2 Å². The van der Waals surface area contributed by atoms with Crippen LogP contribution in [0.5, 0.6) is 0 Å². The number of nitrogens with one attached hydrogen (secondary N) is 2. The van der Waals surface area contributed by atoms with E-state index >= 15 is 0 Å². The van der Waals surface area contributed by atoms with Crippen molar-refractivity contribution in [1.82, 2.24) is 14.5 Å². The Kier molecular flexibility index (Phi) is 6.30. The Hall–Kier alpha value is -2.67. The lowest BCUT2D eigenvalue weighted by molar-refractivity contribution is 0.606. The number of aryl methyl sites for hydroxylation is 1. The quantitative estimate of drug-likeness (QED) is 0.663. The molecule has 1 aromatic carbocycles. The zero-order chi connectivity index (χ0) is 18.4. The molecule has 25 heavy (non-hydrogen) atoms. The van der Waals surface area contributed by atoms with Crippen molar-refractivity contribution in [1.29, 1.82) is 0 Å². The number of rotatable bonds is 5. The fourth-order valence-corrected chi connectivity index (χ4v) is 2.66. The molecule has 2 aromatic heterocycles. The number of aromatic nitrogens is 3. The summed E-state index contributed by atoms with van der Waals surface area (Å²) in [7, 11) is 1.68. The van der Waals surface area contributed by atoms with Crippen LogP contribution in [0.3, 0.4) is 0 Å². The third-order valence-corrected chi connectivity index (χ3v) is 3.80. The Bertz CT molecular complexity index is 886. The van der Waals surface area contributed by atoms with Gasteiger partial charge in [-0.25, -0.2) is 9.18 Å². The van der Waals surface area contributed by atoms with Crippen molar-refractivity contribution in [2.75, 3.05) is 11.9 Å². The van der Waals surface area contributed by atoms with Crippen LogP contribution in [-0.2, 0) is 20.0 Å². The van der Waals surface area contributed by atoms with E-state index in [-0.39, 0.29) is 5.39 Å². The number of hydrogen-bond acceptors (Lipinski definition) is 4. The minimum Gasteiger partial charge on any atom is -0.367 e. The van der Waals surface area contributed by atoms with Gasteiger partial charge in [-0.2, -0.15) is 4.98 Å². The Labute approximate surface area is 145 Å². The molecule has 0 saturated carbocycles. The number of halogens is 1. The van der Waals surface area contributed by atoms with Crippen LogP contribution in [-0.4, -0.2) is 21.1 Å². The van der Waals surface area contributed by atoms with Gasteiger partial charge in [0.05, 0.1) is 11.1 Å². The van der Waals surface area contributed by atoms with Gasteiger partial charge in [-0.15, -0.1) is 0 Å². The molecule has 2 heterocycles. The second-order valence-corrected chi connectivity index (χ2v) is 5.31. The van der Waals surface area contributed by atoms with Crippen molar-refractivity contribution in [2.45, 2.75) is 26.8 Å². The summed E-state index contributed by atoms with van der Waals surface area (Å²) in [6.07, 6.45) is 0.380. The molecule has 3 aromatic rings. The van der Waals surface area contributed by atoms with E-state index in [9.17, 15) is 9.18 Å². The van der Waals surface area contributed by atoms with Crippen molar-refractivity contribution in [3.8, 4) is 0 Å². The lowest BCUT2D eigenvalue weighted by Gasteiger charge is -2.07. The second-order valence-electron chi connectivity index (χ2n) is 5.31. The van der Waals surface area contributed by atoms with Crippen LogP contribution in [0.1, 0.15) is 25.1 Å². The first-order valence-electron chi connectivity index (χ1n) is 8.36. The third-order valence-electron chi connectivity index (χ3n) is 3.80. The minimum atomic E-state index is -0.520. The van der Waals surface area contributed by atoms with Gasteiger partial charge in [0.2, 0.25) is 0 Å². The molecule has 0 saturated heterocycles. The van der Waals surface area contributed by atoms with Crippen LogP contribution >= 0.6 is 0 Å². The Morgan fingerprint density at radius 1 is 1.28 bits per heavy atom. The zero-order valence-electron chi connectivity index (χ0n) is 14.8. The first kappa shape index (κ1) is 18.7. The predicted molar refractivity (Wildman–Crippen MR) is 99.2 cm³/mol. The monoisotopic (exact) mass is 345 g/mol. The first-order valence-corrected chi connectivity index (χ1v) is 8.36. The molecule has 0 spiro atoms. The highest BCUT2D eigenvalue weighted by Crippen LogP contribution is 2.27. The van der Waals surface area contributed by atoms with E-state index in [2.05, 4.69) is 15.3 Å². The van der Waals surface area contributed by atoms with Crippen molar-refractivity contribution < 1.29 is 4.39 Å². The maximum absolute atomic E-state index is 14.7. The smallest absolute Gasteiger partial charge is 0.348 e. The molecular weight excluding hydrogens is 321 g/mol. The highest BCUT2D eigenvalue weighted by atomic mass is 19.1. The molecule has 0 fully saturated rings. The molecule has 4 N–H and O–H groups in total. The largest absolute Gasteiger partial charge is 0.367 e. The van der Waals surface area contributed by atoms with E-state index in [1.165, 1.54) is 0 Å². The van der Waals surface area contributed by atoms with Crippen molar-refractivity contribution in [2.24, 2.45) is 12.8 Å². The Morgan fingerprint density at radius 3 is 2.60 bits per heavy atom. The van der Waals surface area contributed by atoms with E-state index in [0.717, 1.165) is 5.56 Å². The topological polar surface area (TPSA) is 88.7 Å². The summed E-state index contributed by atoms with van der Waals surface area (Å²) >= 11 is 0. The molecule has 0 radical (unpaired) electrons. The predicted octanol–water partition coefficient (Wildman–Crippen LogP) is 2.54. The van der Waals surface area contributed by atoms with Gasteiger partial charge in [-0.1, -0.05) is 44.2 Å². The molecule has 0 unspecified atom stereocenters. The Balaban J connectivity index is 0.00000109. The van der Waals surface area contributed by atoms with Gasteiger partial charge in [0, 0.05) is 20.0 Å². The number of fused-ring (bicyclic) bond motifs is 1. The molecule has 0 amide bonds. The van der Waals surface area contributed by atoms with Gasteiger partial charge < -0.3 is 15.6 Å². The SMILES string of the molecule is CC.Cn1c(CCN)c(F)c2c(NCc3ccccc3)[nH]c(=O)nc21. The van der Waals surface area contributed by atoms with Gasteiger partial charge in [0.1, 0.15) is 5.82 Å².